The smallest absolute Gasteiger partial charge is 0.229 e. The van der Waals surface area contributed by atoms with Crippen molar-refractivity contribution in [1.29, 1.82) is 0 Å². The topological polar surface area (TPSA) is 67.9 Å². The van der Waals surface area contributed by atoms with Crippen LogP contribution in [0, 0.1) is 12.8 Å². The molecule has 0 aliphatic carbocycles. The second-order valence-corrected chi connectivity index (χ2v) is 7.05. The van der Waals surface area contributed by atoms with Crippen molar-refractivity contribution in [2.75, 3.05) is 26.1 Å². The summed E-state index contributed by atoms with van der Waals surface area (Å²) < 4.78 is 10.6. The van der Waals surface area contributed by atoms with Crippen LogP contribution in [0.2, 0.25) is 0 Å². The van der Waals surface area contributed by atoms with Gasteiger partial charge in [0.25, 0.3) is 0 Å². The molecule has 148 valence electrons. The Labute approximate surface area is 165 Å². The molecule has 28 heavy (non-hydrogen) atoms. The third-order valence-corrected chi connectivity index (χ3v) is 5.27. The Balaban J connectivity index is 1.72. The zero-order chi connectivity index (χ0) is 20.3. The zero-order valence-corrected chi connectivity index (χ0v) is 16.7. The largest absolute Gasteiger partial charge is 0.493 e. The Morgan fingerprint density at radius 3 is 2.43 bits per heavy atom. The summed E-state index contributed by atoms with van der Waals surface area (Å²) in [6.07, 6.45) is 0.218. The van der Waals surface area contributed by atoms with Crippen molar-refractivity contribution in [2.45, 2.75) is 26.3 Å². The highest BCUT2D eigenvalue weighted by molar-refractivity contribution is 5.98. The molecule has 6 nitrogen and oxygen atoms in total. The van der Waals surface area contributed by atoms with Crippen LogP contribution in [0.4, 0.5) is 5.69 Å². The normalized spacial score (nSPS) is 17.4. The number of hydrogen-bond donors (Lipinski definition) is 1. The number of rotatable bonds is 6. The monoisotopic (exact) mass is 382 g/mol. The van der Waals surface area contributed by atoms with Crippen LogP contribution in [-0.4, -0.2) is 37.5 Å². The predicted octanol–water partition coefficient (Wildman–Crippen LogP) is 3.56. The number of methoxy groups -OCH3 is 2. The van der Waals surface area contributed by atoms with Crippen LogP contribution in [0.25, 0.3) is 0 Å². The highest BCUT2D eigenvalue weighted by Gasteiger charge is 2.37. The van der Waals surface area contributed by atoms with Gasteiger partial charge in [-0.05, 0) is 31.0 Å². The number of hydrogen-bond acceptors (Lipinski definition) is 4. The first-order chi connectivity index (χ1) is 13.4. The fourth-order valence-electron chi connectivity index (χ4n) is 3.54. The molecule has 1 heterocycles. The van der Waals surface area contributed by atoms with E-state index < -0.39 is 0 Å². The molecule has 3 rings (SSSR count). The molecule has 0 radical (unpaired) electrons. The van der Waals surface area contributed by atoms with E-state index in [0.717, 1.165) is 11.1 Å². The van der Waals surface area contributed by atoms with Gasteiger partial charge >= 0.3 is 0 Å². The van der Waals surface area contributed by atoms with Gasteiger partial charge in [-0.25, -0.2) is 0 Å². The summed E-state index contributed by atoms with van der Waals surface area (Å²) in [5, 5.41) is 2.94. The number of aryl methyl sites for hydroxylation is 1. The second kappa shape index (κ2) is 8.33. The molecule has 1 aliphatic heterocycles. The molecule has 2 aromatic rings. The van der Waals surface area contributed by atoms with Gasteiger partial charge in [-0.3, -0.25) is 9.59 Å². The van der Waals surface area contributed by atoms with Crippen LogP contribution in [0.15, 0.2) is 42.5 Å². The number of anilines is 1. The Morgan fingerprint density at radius 2 is 1.79 bits per heavy atom. The molecule has 2 aromatic carbocycles. The average Bonchev–Trinajstić information content (AvgIpc) is 3.11. The summed E-state index contributed by atoms with van der Waals surface area (Å²) >= 11 is 0. The molecule has 0 unspecified atom stereocenters. The maximum absolute atomic E-state index is 12.8. The molecule has 2 atom stereocenters. The number of nitrogens with one attached hydrogen (secondary N) is 1. The van der Waals surface area contributed by atoms with Crippen molar-refractivity contribution < 1.29 is 19.1 Å². The number of carbonyl (C=O) groups excluding carboxylic acids is 2. The molecule has 0 bridgehead atoms. The van der Waals surface area contributed by atoms with E-state index in [0.29, 0.717) is 23.7 Å². The summed E-state index contributed by atoms with van der Waals surface area (Å²) in [4.78, 5) is 27.1. The van der Waals surface area contributed by atoms with Crippen molar-refractivity contribution in [3.8, 4) is 11.5 Å². The highest BCUT2D eigenvalue weighted by atomic mass is 16.5. The van der Waals surface area contributed by atoms with Gasteiger partial charge in [-0.1, -0.05) is 30.3 Å². The van der Waals surface area contributed by atoms with Gasteiger partial charge < -0.3 is 19.7 Å². The summed E-state index contributed by atoms with van der Waals surface area (Å²) in [5.74, 6) is 0.611. The lowest BCUT2D eigenvalue weighted by Crippen LogP contribution is -2.30. The number of likely N-dealkylation sites (tertiary alicyclic amines) is 1. The van der Waals surface area contributed by atoms with Crippen molar-refractivity contribution in [1.82, 2.24) is 4.90 Å². The molecule has 1 aliphatic rings. The molecule has 6 heteroatoms. The van der Waals surface area contributed by atoms with Gasteiger partial charge in [-0.15, -0.1) is 0 Å². The Morgan fingerprint density at radius 1 is 1.14 bits per heavy atom. The maximum atomic E-state index is 12.8. The summed E-state index contributed by atoms with van der Waals surface area (Å²) in [6, 6.07) is 13.4. The Bertz CT molecular complexity index is 866. The average molecular weight is 382 g/mol. The van der Waals surface area contributed by atoms with E-state index in [2.05, 4.69) is 5.32 Å². The first-order valence-electron chi connectivity index (χ1n) is 9.32. The lowest BCUT2D eigenvalue weighted by molar-refractivity contribution is -0.129. The fourth-order valence-corrected chi connectivity index (χ4v) is 3.54. The van der Waals surface area contributed by atoms with E-state index in [9.17, 15) is 9.59 Å². The van der Waals surface area contributed by atoms with Gasteiger partial charge in [0.1, 0.15) is 0 Å². The molecule has 0 spiro atoms. The van der Waals surface area contributed by atoms with Gasteiger partial charge in [0.2, 0.25) is 11.8 Å². The minimum absolute atomic E-state index is 0.000497. The first kappa shape index (κ1) is 19.7. The van der Waals surface area contributed by atoms with Crippen LogP contribution in [-0.2, 0) is 9.59 Å². The summed E-state index contributed by atoms with van der Waals surface area (Å²) in [6.45, 7) is 4.29. The van der Waals surface area contributed by atoms with Crippen LogP contribution in [0.3, 0.4) is 0 Å². The van der Waals surface area contributed by atoms with E-state index >= 15 is 0 Å². The minimum Gasteiger partial charge on any atom is -0.493 e. The molecule has 0 aromatic heterocycles. The second-order valence-electron chi connectivity index (χ2n) is 7.05. The SMILES string of the molecule is COc1cc(C)c(NC(=O)[C@H]2CC(=O)N([C@@H](C)c3ccccc3)C2)cc1OC. The first-order valence-corrected chi connectivity index (χ1v) is 9.32. The van der Waals surface area contributed by atoms with Crippen molar-refractivity contribution in [3.05, 3.63) is 53.6 Å². The quantitative estimate of drug-likeness (QED) is 0.829. The van der Waals surface area contributed by atoms with Crippen LogP contribution in [0.1, 0.15) is 30.5 Å². The Hall–Kier alpha value is -3.02. The lowest BCUT2D eigenvalue weighted by atomic mass is 10.1. The number of amides is 2. The summed E-state index contributed by atoms with van der Waals surface area (Å²) in [5.41, 5.74) is 2.59. The molecule has 1 N–H and O–H groups in total. The van der Waals surface area contributed by atoms with Crippen molar-refractivity contribution >= 4 is 17.5 Å². The lowest BCUT2D eigenvalue weighted by Gasteiger charge is -2.25. The number of ether oxygens (including phenoxy) is 2. The summed E-state index contributed by atoms with van der Waals surface area (Å²) in [7, 11) is 3.12. The van der Waals surface area contributed by atoms with E-state index in [1.807, 2.05) is 50.2 Å². The third-order valence-electron chi connectivity index (χ3n) is 5.27. The molecule has 1 saturated heterocycles. The van der Waals surface area contributed by atoms with Gasteiger partial charge in [-0.2, -0.15) is 0 Å². The highest BCUT2D eigenvalue weighted by Crippen LogP contribution is 2.34. The minimum atomic E-state index is -0.383. The third kappa shape index (κ3) is 3.96. The molecule has 2 amide bonds. The molecular weight excluding hydrogens is 356 g/mol. The van der Waals surface area contributed by atoms with E-state index in [1.165, 1.54) is 0 Å². The fraction of sp³-hybridized carbons (Fsp3) is 0.364. The number of nitrogens with zero attached hydrogens (tertiary/aromatic N) is 1. The standard InChI is InChI=1S/C22H26N2O4/c1-14-10-19(27-3)20(28-4)12-18(14)23-22(26)17-11-21(25)24(13-17)15(2)16-8-6-5-7-9-16/h5-10,12,15,17H,11,13H2,1-4H3,(H,23,26)/t15-,17-/m0/s1. The van der Waals surface area contributed by atoms with E-state index in [4.69, 9.17) is 9.47 Å². The van der Waals surface area contributed by atoms with Crippen molar-refractivity contribution in [3.63, 3.8) is 0 Å². The number of carbonyl (C=O) groups is 2. The molecular formula is C22H26N2O4. The molecule has 0 saturated carbocycles. The van der Waals surface area contributed by atoms with Crippen molar-refractivity contribution in [2.24, 2.45) is 5.92 Å². The van der Waals surface area contributed by atoms with Gasteiger partial charge in [0.15, 0.2) is 11.5 Å². The van der Waals surface area contributed by atoms with Gasteiger partial charge in [0.05, 0.1) is 26.2 Å². The zero-order valence-electron chi connectivity index (χ0n) is 16.7. The predicted molar refractivity (Wildman–Crippen MR) is 108 cm³/mol. The maximum Gasteiger partial charge on any atom is 0.229 e. The van der Waals surface area contributed by atoms with Crippen LogP contribution in [0.5, 0.6) is 11.5 Å². The Kier molecular flexibility index (Phi) is 5.87. The van der Waals surface area contributed by atoms with E-state index in [1.54, 1.807) is 25.2 Å². The molecule has 1 fully saturated rings. The van der Waals surface area contributed by atoms with E-state index in [-0.39, 0.29) is 30.2 Å². The number of benzene rings is 2. The van der Waals surface area contributed by atoms with Crippen LogP contribution >= 0.6 is 0 Å². The van der Waals surface area contributed by atoms with Gasteiger partial charge in [0, 0.05) is 24.7 Å². The van der Waals surface area contributed by atoms with Crippen LogP contribution < -0.4 is 14.8 Å².